The highest BCUT2D eigenvalue weighted by atomic mass is 14.9. The van der Waals surface area contributed by atoms with E-state index in [1.165, 1.54) is 71.4 Å². The zero-order valence-electron chi connectivity index (χ0n) is 35.2. The lowest BCUT2D eigenvalue weighted by atomic mass is 9.78. The van der Waals surface area contributed by atoms with Gasteiger partial charge in [-0.25, -0.2) is 9.97 Å². The second-order valence-corrected chi connectivity index (χ2v) is 17.2. The van der Waals surface area contributed by atoms with E-state index < -0.39 is 0 Å². The molecule has 0 unspecified atom stereocenters. The highest BCUT2D eigenvalue weighted by Gasteiger charge is 2.38. The Morgan fingerprint density at radius 1 is 0.317 bits per heavy atom. The molecule has 1 aliphatic rings. The lowest BCUT2D eigenvalue weighted by Gasteiger charge is -2.25. The average Bonchev–Trinajstić information content (AvgIpc) is 3.60. The Hall–Kier alpha value is -7.94. The molecule has 11 aromatic rings. The standard InChI is InChI=1S/C61H42N2/c1-61(2)55-37-32-40-20-9-10-24-43(40)58(55)54-31-17-30-53(59(54)61)50-34-33-48(44-25-12-13-26-45(44)50)49-35-36-52(47-28-15-14-27-46(47)49)57-38-56(62-60(63-57)41-21-7-4-8-22-41)51-29-16-11-23-42(51)39-18-5-3-6-19-39/h3-38H,1-2H3. The summed E-state index contributed by atoms with van der Waals surface area (Å²) in [6, 6.07) is 79.0. The van der Waals surface area contributed by atoms with Crippen molar-refractivity contribution in [3.05, 3.63) is 230 Å². The summed E-state index contributed by atoms with van der Waals surface area (Å²) in [6.07, 6.45) is 0. The van der Waals surface area contributed by atoms with Crippen LogP contribution in [0.4, 0.5) is 0 Å². The van der Waals surface area contributed by atoms with Gasteiger partial charge in [0.15, 0.2) is 5.82 Å². The van der Waals surface area contributed by atoms with E-state index in [0.717, 1.165) is 44.6 Å². The first kappa shape index (κ1) is 36.9. The monoisotopic (exact) mass is 802 g/mol. The smallest absolute Gasteiger partial charge is 0.160 e. The molecule has 0 bridgehead atoms. The van der Waals surface area contributed by atoms with Crippen LogP contribution >= 0.6 is 0 Å². The maximum Gasteiger partial charge on any atom is 0.160 e. The number of aromatic nitrogens is 2. The summed E-state index contributed by atoms with van der Waals surface area (Å²) in [5, 5.41) is 7.42. The summed E-state index contributed by atoms with van der Waals surface area (Å²) in [4.78, 5) is 10.6. The van der Waals surface area contributed by atoms with Gasteiger partial charge in [0.2, 0.25) is 0 Å². The van der Waals surface area contributed by atoms with Crippen LogP contribution < -0.4 is 0 Å². The van der Waals surface area contributed by atoms with Crippen LogP contribution in [0.2, 0.25) is 0 Å². The number of fused-ring (bicyclic) bond motifs is 7. The van der Waals surface area contributed by atoms with E-state index in [0.29, 0.717) is 5.82 Å². The molecule has 296 valence electrons. The molecular formula is C61H42N2. The second kappa shape index (κ2) is 14.6. The van der Waals surface area contributed by atoms with Crippen molar-refractivity contribution in [2.45, 2.75) is 19.3 Å². The molecule has 2 nitrogen and oxygen atoms in total. The summed E-state index contributed by atoms with van der Waals surface area (Å²) >= 11 is 0. The van der Waals surface area contributed by atoms with Gasteiger partial charge in [0.1, 0.15) is 0 Å². The molecule has 0 N–H and O–H groups in total. The highest BCUT2D eigenvalue weighted by molar-refractivity contribution is 6.13. The molecule has 0 aliphatic heterocycles. The maximum absolute atomic E-state index is 5.31. The highest BCUT2D eigenvalue weighted by Crippen LogP contribution is 2.55. The van der Waals surface area contributed by atoms with Crippen LogP contribution in [0, 0.1) is 0 Å². The predicted molar refractivity (Wildman–Crippen MR) is 265 cm³/mol. The van der Waals surface area contributed by atoms with Gasteiger partial charge in [-0.15, -0.1) is 0 Å². The third-order valence-electron chi connectivity index (χ3n) is 13.3. The van der Waals surface area contributed by atoms with E-state index in [2.05, 4.69) is 226 Å². The van der Waals surface area contributed by atoms with Crippen LogP contribution in [0.1, 0.15) is 25.0 Å². The van der Waals surface area contributed by atoms with Crippen molar-refractivity contribution in [3.63, 3.8) is 0 Å². The van der Waals surface area contributed by atoms with Gasteiger partial charge < -0.3 is 0 Å². The van der Waals surface area contributed by atoms with Gasteiger partial charge in [0, 0.05) is 22.1 Å². The van der Waals surface area contributed by atoms with Crippen LogP contribution in [-0.2, 0) is 5.41 Å². The molecule has 0 spiro atoms. The van der Waals surface area contributed by atoms with E-state index in [-0.39, 0.29) is 5.41 Å². The Morgan fingerprint density at radius 3 is 1.43 bits per heavy atom. The van der Waals surface area contributed by atoms with Crippen molar-refractivity contribution in [2.75, 3.05) is 0 Å². The normalized spacial score (nSPS) is 12.7. The maximum atomic E-state index is 5.31. The fourth-order valence-corrected chi connectivity index (χ4v) is 10.4. The lowest BCUT2D eigenvalue weighted by molar-refractivity contribution is 0.662. The van der Waals surface area contributed by atoms with Gasteiger partial charge in [0.25, 0.3) is 0 Å². The SMILES string of the molecule is CC1(C)c2ccc3ccccc3c2-c2cccc(-c3ccc(-c4ccc(-c5cc(-c6ccccc6-c6ccccc6)nc(-c6ccccc6)n5)c5ccccc45)c4ccccc34)c21. The van der Waals surface area contributed by atoms with Gasteiger partial charge in [-0.05, 0) is 94.0 Å². The number of hydrogen-bond donors (Lipinski definition) is 0. The summed E-state index contributed by atoms with van der Waals surface area (Å²) in [7, 11) is 0. The first-order chi connectivity index (χ1) is 31.0. The molecule has 0 fully saturated rings. The van der Waals surface area contributed by atoms with Crippen molar-refractivity contribution in [1.82, 2.24) is 9.97 Å². The van der Waals surface area contributed by atoms with Gasteiger partial charge in [-0.1, -0.05) is 226 Å². The zero-order chi connectivity index (χ0) is 42.1. The molecule has 0 saturated heterocycles. The Labute approximate surface area is 367 Å². The molecule has 1 heterocycles. The van der Waals surface area contributed by atoms with Crippen molar-refractivity contribution in [1.29, 1.82) is 0 Å². The molecule has 0 radical (unpaired) electrons. The van der Waals surface area contributed by atoms with Crippen LogP contribution in [-0.4, -0.2) is 9.97 Å². The molecule has 0 saturated carbocycles. The Bertz CT molecular complexity index is 3580. The number of hydrogen-bond acceptors (Lipinski definition) is 2. The van der Waals surface area contributed by atoms with Crippen LogP contribution in [0.15, 0.2) is 218 Å². The third-order valence-corrected chi connectivity index (χ3v) is 13.3. The topological polar surface area (TPSA) is 25.8 Å². The Balaban J connectivity index is 1.03. The van der Waals surface area contributed by atoms with Gasteiger partial charge in [-0.3, -0.25) is 0 Å². The van der Waals surface area contributed by atoms with Crippen molar-refractivity contribution in [2.24, 2.45) is 0 Å². The fourth-order valence-electron chi connectivity index (χ4n) is 10.4. The lowest BCUT2D eigenvalue weighted by Crippen LogP contribution is -2.16. The second-order valence-electron chi connectivity index (χ2n) is 17.2. The van der Waals surface area contributed by atoms with Crippen LogP contribution in [0.25, 0.3) is 111 Å². The molecule has 63 heavy (non-hydrogen) atoms. The number of rotatable bonds is 6. The number of nitrogens with zero attached hydrogens (tertiary/aromatic N) is 2. The Kier molecular flexibility index (Phi) is 8.55. The van der Waals surface area contributed by atoms with E-state index in [9.17, 15) is 0 Å². The fraction of sp³-hybridized carbons (Fsp3) is 0.0492. The Morgan fingerprint density at radius 2 is 0.778 bits per heavy atom. The summed E-state index contributed by atoms with van der Waals surface area (Å²) in [6.45, 7) is 4.79. The van der Waals surface area contributed by atoms with E-state index in [1.54, 1.807) is 0 Å². The minimum atomic E-state index is -0.165. The molecule has 0 atom stereocenters. The molecular weight excluding hydrogens is 761 g/mol. The molecule has 0 amide bonds. The third kappa shape index (κ3) is 5.94. The first-order valence-electron chi connectivity index (χ1n) is 21.8. The van der Waals surface area contributed by atoms with Crippen molar-refractivity contribution < 1.29 is 0 Å². The molecule has 1 aliphatic carbocycles. The molecule has 10 aromatic carbocycles. The zero-order valence-corrected chi connectivity index (χ0v) is 35.2. The largest absolute Gasteiger partial charge is 0.228 e. The van der Waals surface area contributed by atoms with E-state index in [1.807, 2.05) is 6.07 Å². The van der Waals surface area contributed by atoms with Crippen LogP contribution in [0.5, 0.6) is 0 Å². The van der Waals surface area contributed by atoms with Crippen LogP contribution in [0.3, 0.4) is 0 Å². The van der Waals surface area contributed by atoms with Gasteiger partial charge in [-0.2, -0.15) is 0 Å². The minimum Gasteiger partial charge on any atom is -0.228 e. The molecule has 1 aromatic heterocycles. The van der Waals surface area contributed by atoms with E-state index in [4.69, 9.17) is 9.97 Å². The number of benzene rings is 10. The van der Waals surface area contributed by atoms with E-state index >= 15 is 0 Å². The molecule has 2 heteroatoms. The summed E-state index contributed by atoms with van der Waals surface area (Å²) in [5.41, 5.74) is 17.5. The van der Waals surface area contributed by atoms with Gasteiger partial charge in [0.05, 0.1) is 11.4 Å². The predicted octanol–water partition coefficient (Wildman–Crippen LogP) is 16.2. The summed E-state index contributed by atoms with van der Waals surface area (Å²) < 4.78 is 0. The van der Waals surface area contributed by atoms with Crippen molar-refractivity contribution >= 4 is 32.3 Å². The van der Waals surface area contributed by atoms with Crippen molar-refractivity contribution in [3.8, 4) is 78.4 Å². The first-order valence-corrected chi connectivity index (χ1v) is 21.8. The average molecular weight is 803 g/mol. The minimum absolute atomic E-state index is 0.165. The quantitative estimate of drug-likeness (QED) is 0.167. The van der Waals surface area contributed by atoms with Gasteiger partial charge >= 0.3 is 0 Å². The summed E-state index contributed by atoms with van der Waals surface area (Å²) in [5.74, 6) is 0.701. The molecule has 12 rings (SSSR count).